The maximum absolute atomic E-state index is 14.3. The van der Waals surface area contributed by atoms with E-state index in [-0.39, 0.29) is 16.9 Å². The average molecular weight is 461 g/mol. The van der Waals surface area contributed by atoms with Crippen molar-refractivity contribution in [2.45, 2.75) is 39.5 Å². The molecule has 1 aromatic heterocycles. The SMILES string of the molecule is COc1c(F)cc(-c2c(Br)nc3n2CCN(C(=O)OC(C)(C)C)C3)cc1Cl. The van der Waals surface area contributed by atoms with Crippen LogP contribution in [0, 0.1) is 5.82 Å². The molecule has 2 aromatic rings. The zero-order valence-electron chi connectivity index (χ0n) is 15.5. The van der Waals surface area contributed by atoms with Gasteiger partial charge in [0.15, 0.2) is 11.6 Å². The Kier molecular flexibility index (Phi) is 5.40. The monoisotopic (exact) mass is 459 g/mol. The van der Waals surface area contributed by atoms with Gasteiger partial charge < -0.3 is 14.0 Å². The molecule has 0 N–H and O–H groups in total. The summed E-state index contributed by atoms with van der Waals surface area (Å²) in [6, 6.07) is 3.00. The molecule has 0 spiro atoms. The highest BCUT2D eigenvalue weighted by Gasteiger charge is 2.29. The van der Waals surface area contributed by atoms with E-state index in [2.05, 4.69) is 20.9 Å². The molecule has 6 nitrogen and oxygen atoms in total. The number of hydrogen-bond acceptors (Lipinski definition) is 4. The highest BCUT2D eigenvalue weighted by Crippen LogP contribution is 2.37. The van der Waals surface area contributed by atoms with Crippen LogP contribution in [0.1, 0.15) is 26.6 Å². The molecule has 0 atom stereocenters. The number of halogens is 3. The number of carbonyl (C=O) groups excluding carboxylic acids is 1. The second-order valence-corrected chi connectivity index (χ2v) is 8.35. The molecule has 0 radical (unpaired) electrons. The van der Waals surface area contributed by atoms with E-state index in [4.69, 9.17) is 21.1 Å². The van der Waals surface area contributed by atoms with Crippen molar-refractivity contribution < 1.29 is 18.7 Å². The van der Waals surface area contributed by atoms with Crippen LogP contribution in [0.2, 0.25) is 5.02 Å². The summed E-state index contributed by atoms with van der Waals surface area (Å²) < 4.78 is 27.2. The molecule has 146 valence electrons. The predicted molar refractivity (Wildman–Crippen MR) is 104 cm³/mol. The first-order valence-electron chi connectivity index (χ1n) is 8.37. The Balaban J connectivity index is 1.92. The van der Waals surface area contributed by atoms with E-state index in [0.717, 1.165) is 0 Å². The van der Waals surface area contributed by atoms with Gasteiger partial charge in [-0.25, -0.2) is 14.2 Å². The topological polar surface area (TPSA) is 56.6 Å². The van der Waals surface area contributed by atoms with Gasteiger partial charge in [0.1, 0.15) is 16.0 Å². The molecule has 0 saturated heterocycles. The smallest absolute Gasteiger partial charge is 0.410 e. The molecule has 0 unspecified atom stereocenters. The van der Waals surface area contributed by atoms with Crippen LogP contribution < -0.4 is 4.74 Å². The number of methoxy groups -OCH3 is 1. The summed E-state index contributed by atoms with van der Waals surface area (Å²) in [5.74, 6) is 0.140. The molecule has 2 heterocycles. The number of fused-ring (bicyclic) bond motifs is 1. The third-order valence-electron chi connectivity index (χ3n) is 4.06. The van der Waals surface area contributed by atoms with E-state index < -0.39 is 11.4 Å². The lowest BCUT2D eigenvalue weighted by atomic mass is 10.1. The lowest BCUT2D eigenvalue weighted by molar-refractivity contribution is 0.0196. The van der Waals surface area contributed by atoms with Crippen molar-refractivity contribution in [2.24, 2.45) is 0 Å². The summed E-state index contributed by atoms with van der Waals surface area (Å²) in [4.78, 5) is 18.4. The Morgan fingerprint density at radius 2 is 2.04 bits per heavy atom. The number of amides is 1. The zero-order chi connectivity index (χ0) is 19.9. The van der Waals surface area contributed by atoms with Crippen molar-refractivity contribution in [2.75, 3.05) is 13.7 Å². The molecule has 3 rings (SSSR count). The Labute approximate surface area is 170 Å². The van der Waals surface area contributed by atoms with Gasteiger partial charge in [0.25, 0.3) is 0 Å². The summed E-state index contributed by atoms with van der Waals surface area (Å²) in [5.41, 5.74) is 0.722. The van der Waals surface area contributed by atoms with Crippen molar-refractivity contribution in [1.29, 1.82) is 0 Å². The Morgan fingerprint density at radius 3 is 2.63 bits per heavy atom. The van der Waals surface area contributed by atoms with Gasteiger partial charge in [0.2, 0.25) is 0 Å². The van der Waals surface area contributed by atoms with Gasteiger partial charge in [-0.1, -0.05) is 11.6 Å². The van der Waals surface area contributed by atoms with Gasteiger partial charge in [0.05, 0.1) is 24.4 Å². The van der Waals surface area contributed by atoms with Gasteiger partial charge in [-0.3, -0.25) is 4.90 Å². The first kappa shape index (κ1) is 19.9. The van der Waals surface area contributed by atoms with Gasteiger partial charge >= 0.3 is 6.09 Å². The van der Waals surface area contributed by atoms with Gasteiger partial charge in [-0.05, 0) is 48.8 Å². The van der Waals surface area contributed by atoms with Crippen molar-refractivity contribution in [3.05, 3.63) is 33.4 Å². The lowest BCUT2D eigenvalue weighted by Gasteiger charge is -2.30. The summed E-state index contributed by atoms with van der Waals surface area (Å²) in [6.45, 7) is 6.75. The molecule has 1 aliphatic rings. The first-order chi connectivity index (χ1) is 12.6. The predicted octanol–water partition coefficient (Wildman–Crippen LogP) is 4.86. The van der Waals surface area contributed by atoms with Crippen LogP contribution in [0.15, 0.2) is 16.7 Å². The summed E-state index contributed by atoms with van der Waals surface area (Å²) in [7, 11) is 1.37. The fourth-order valence-electron chi connectivity index (χ4n) is 2.95. The number of nitrogens with zero attached hydrogens (tertiary/aromatic N) is 3. The van der Waals surface area contributed by atoms with Crippen LogP contribution in [-0.4, -0.2) is 39.8 Å². The van der Waals surface area contributed by atoms with Crippen LogP contribution >= 0.6 is 27.5 Å². The highest BCUT2D eigenvalue weighted by atomic mass is 79.9. The second kappa shape index (κ2) is 7.31. The largest absolute Gasteiger partial charge is 0.492 e. The van der Waals surface area contributed by atoms with Crippen molar-refractivity contribution in [3.8, 4) is 17.0 Å². The number of ether oxygens (including phenoxy) is 2. The van der Waals surface area contributed by atoms with E-state index >= 15 is 0 Å². The molecular formula is C18H20BrClFN3O3. The van der Waals surface area contributed by atoms with Crippen molar-refractivity contribution >= 4 is 33.6 Å². The van der Waals surface area contributed by atoms with E-state index in [1.165, 1.54) is 13.2 Å². The Hall–Kier alpha value is -1.80. The summed E-state index contributed by atoms with van der Waals surface area (Å²) in [5, 5.41) is 0.182. The van der Waals surface area contributed by atoms with E-state index in [0.29, 0.717) is 41.3 Å². The number of imidazole rings is 1. The lowest BCUT2D eigenvalue weighted by Crippen LogP contribution is -2.41. The fourth-order valence-corrected chi connectivity index (χ4v) is 3.88. The second-order valence-electron chi connectivity index (χ2n) is 7.19. The third-order valence-corrected chi connectivity index (χ3v) is 4.89. The number of hydrogen-bond donors (Lipinski definition) is 0. The molecule has 0 aliphatic carbocycles. The third kappa shape index (κ3) is 4.06. The summed E-state index contributed by atoms with van der Waals surface area (Å²) >= 11 is 9.58. The Morgan fingerprint density at radius 1 is 1.33 bits per heavy atom. The standard InChI is InChI=1S/C18H20BrClFN3O3/c1-18(2,3)27-17(25)23-5-6-24-13(9-23)22-16(19)14(24)10-7-11(20)15(26-4)12(21)8-10/h7-8H,5-6,9H2,1-4H3. The molecule has 27 heavy (non-hydrogen) atoms. The maximum atomic E-state index is 14.3. The van der Waals surface area contributed by atoms with Gasteiger partial charge in [-0.2, -0.15) is 0 Å². The molecular weight excluding hydrogens is 441 g/mol. The van der Waals surface area contributed by atoms with Gasteiger partial charge in [-0.15, -0.1) is 0 Å². The quantitative estimate of drug-likeness (QED) is 0.642. The Bertz CT molecular complexity index is 872. The molecule has 0 fully saturated rings. The van der Waals surface area contributed by atoms with E-state index in [1.54, 1.807) is 11.0 Å². The zero-order valence-corrected chi connectivity index (χ0v) is 17.8. The highest BCUT2D eigenvalue weighted by molar-refractivity contribution is 9.10. The average Bonchev–Trinajstić information content (AvgIpc) is 2.87. The molecule has 0 saturated carbocycles. The van der Waals surface area contributed by atoms with Crippen molar-refractivity contribution in [3.63, 3.8) is 0 Å². The molecule has 1 aromatic carbocycles. The van der Waals surface area contributed by atoms with Crippen LogP contribution in [-0.2, 0) is 17.8 Å². The molecule has 1 amide bonds. The van der Waals surface area contributed by atoms with Crippen LogP contribution in [0.5, 0.6) is 5.75 Å². The first-order valence-corrected chi connectivity index (χ1v) is 9.54. The minimum atomic E-state index is -0.562. The van der Waals surface area contributed by atoms with E-state index in [9.17, 15) is 9.18 Å². The number of carbonyl (C=O) groups is 1. The van der Waals surface area contributed by atoms with Crippen LogP contribution in [0.4, 0.5) is 9.18 Å². The number of benzene rings is 1. The number of rotatable bonds is 2. The molecule has 9 heteroatoms. The fraction of sp³-hybridized carbons (Fsp3) is 0.444. The maximum Gasteiger partial charge on any atom is 0.410 e. The van der Waals surface area contributed by atoms with Crippen LogP contribution in [0.3, 0.4) is 0 Å². The molecule has 1 aliphatic heterocycles. The minimum absolute atomic E-state index is 0.00558. The molecule has 0 bridgehead atoms. The van der Waals surface area contributed by atoms with Crippen molar-refractivity contribution in [1.82, 2.24) is 14.5 Å². The minimum Gasteiger partial charge on any atom is -0.492 e. The summed E-state index contributed by atoms with van der Waals surface area (Å²) in [6.07, 6.45) is -0.382. The normalized spacial score (nSPS) is 14.1. The van der Waals surface area contributed by atoms with E-state index in [1.807, 2.05) is 25.3 Å². The van der Waals surface area contributed by atoms with Crippen LogP contribution in [0.25, 0.3) is 11.3 Å². The number of aromatic nitrogens is 2. The van der Waals surface area contributed by atoms with Gasteiger partial charge in [0, 0.05) is 18.7 Å².